The number of piperidine rings is 1. The van der Waals surface area contributed by atoms with E-state index in [0.717, 1.165) is 11.4 Å². The van der Waals surface area contributed by atoms with Crippen LogP contribution in [0.5, 0.6) is 0 Å². The van der Waals surface area contributed by atoms with Crippen molar-refractivity contribution in [3.8, 4) is 11.4 Å². The maximum atomic E-state index is 12.4. The second-order valence-corrected chi connectivity index (χ2v) is 7.62. The van der Waals surface area contributed by atoms with Crippen LogP contribution in [-0.4, -0.2) is 56.5 Å². The Kier molecular flexibility index (Phi) is 6.66. The first kappa shape index (κ1) is 21.4. The van der Waals surface area contributed by atoms with E-state index in [-0.39, 0.29) is 18.4 Å². The van der Waals surface area contributed by atoms with Crippen molar-refractivity contribution in [3.63, 3.8) is 0 Å². The van der Waals surface area contributed by atoms with E-state index in [9.17, 15) is 9.59 Å². The molecule has 3 heterocycles. The number of nitrogens with one attached hydrogen (secondary N) is 2. The average Bonchev–Trinajstić information content (AvgIpc) is 2.80. The first-order chi connectivity index (χ1) is 15.6. The molecule has 32 heavy (non-hydrogen) atoms. The number of aliphatic carboxylic acids is 1. The van der Waals surface area contributed by atoms with E-state index in [0.29, 0.717) is 43.3 Å². The van der Waals surface area contributed by atoms with E-state index in [1.165, 1.54) is 0 Å². The van der Waals surface area contributed by atoms with Crippen molar-refractivity contribution in [1.29, 1.82) is 0 Å². The van der Waals surface area contributed by atoms with Gasteiger partial charge in [0.1, 0.15) is 0 Å². The molecule has 3 aromatic rings. The van der Waals surface area contributed by atoms with Crippen LogP contribution in [0.3, 0.4) is 0 Å². The molecule has 9 nitrogen and oxygen atoms in total. The van der Waals surface area contributed by atoms with Crippen LogP contribution in [0.1, 0.15) is 12.8 Å². The van der Waals surface area contributed by atoms with Crippen molar-refractivity contribution in [1.82, 2.24) is 19.9 Å². The molecule has 1 aliphatic rings. The monoisotopic (exact) mass is 432 g/mol. The molecular weight excluding hydrogens is 408 g/mol. The Bertz CT molecular complexity index is 1080. The second-order valence-electron chi connectivity index (χ2n) is 7.62. The van der Waals surface area contributed by atoms with Crippen LogP contribution in [0.4, 0.5) is 17.3 Å². The van der Waals surface area contributed by atoms with E-state index in [2.05, 4.69) is 25.6 Å². The Morgan fingerprint density at radius 3 is 2.53 bits per heavy atom. The zero-order valence-corrected chi connectivity index (χ0v) is 17.4. The number of benzene rings is 1. The summed E-state index contributed by atoms with van der Waals surface area (Å²) in [6, 6.07) is 14.7. The van der Waals surface area contributed by atoms with E-state index < -0.39 is 5.97 Å². The number of aromatic nitrogens is 3. The van der Waals surface area contributed by atoms with Crippen LogP contribution in [0.2, 0.25) is 0 Å². The van der Waals surface area contributed by atoms with Crippen molar-refractivity contribution in [3.05, 3.63) is 60.9 Å². The van der Waals surface area contributed by atoms with E-state index in [1.807, 2.05) is 47.4 Å². The summed E-state index contributed by atoms with van der Waals surface area (Å²) >= 11 is 0. The fourth-order valence-corrected chi connectivity index (χ4v) is 3.62. The number of likely N-dealkylation sites (tertiary alicyclic amines) is 1. The lowest BCUT2D eigenvalue weighted by Crippen LogP contribution is -2.40. The van der Waals surface area contributed by atoms with E-state index >= 15 is 0 Å². The first-order valence-electron chi connectivity index (χ1n) is 10.4. The van der Waals surface area contributed by atoms with Crippen LogP contribution < -0.4 is 10.6 Å². The number of carboxylic acid groups (broad SMARTS) is 1. The third kappa shape index (κ3) is 5.64. The van der Waals surface area contributed by atoms with Crippen LogP contribution in [0.25, 0.3) is 11.4 Å². The number of carboxylic acids is 1. The van der Waals surface area contributed by atoms with Crippen LogP contribution in [0, 0.1) is 5.92 Å². The van der Waals surface area contributed by atoms with Gasteiger partial charge in [0.2, 0.25) is 11.9 Å². The number of rotatable bonds is 7. The molecule has 1 amide bonds. The van der Waals surface area contributed by atoms with Gasteiger partial charge >= 0.3 is 5.97 Å². The minimum atomic E-state index is -0.757. The number of carbonyl (C=O) groups is 2. The fraction of sp³-hybridized carbons (Fsp3) is 0.261. The standard InChI is InChI=1S/C23H24N6O3/c30-21(15-29-12-8-16(9-13-29)22(31)32)26-17-4-3-5-18(14-17)27-23-25-11-7-20(28-23)19-6-1-2-10-24-19/h1-7,10-11,14,16H,8-9,12-13,15H2,(H,26,30)(H,31,32)(H,25,27,28). The topological polar surface area (TPSA) is 120 Å². The third-order valence-corrected chi connectivity index (χ3v) is 5.29. The summed E-state index contributed by atoms with van der Waals surface area (Å²) in [7, 11) is 0. The van der Waals surface area contributed by atoms with Crippen LogP contribution in [0.15, 0.2) is 60.9 Å². The molecule has 9 heteroatoms. The number of pyridine rings is 1. The molecule has 2 aromatic heterocycles. The smallest absolute Gasteiger partial charge is 0.306 e. The molecule has 0 bridgehead atoms. The molecule has 1 aromatic carbocycles. The predicted octanol–water partition coefficient (Wildman–Crippen LogP) is 3.02. The van der Waals surface area contributed by atoms with Crippen molar-refractivity contribution in [2.75, 3.05) is 30.3 Å². The molecular formula is C23H24N6O3. The maximum Gasteiger partial charge on any atom is 0.306 e. The molecule has 1 fully saturated rings. The summed E-state index contributed by atoms with van der Waals surface area (Å²) in [4.78, 5) is 38.6. The molecule has 0 unspecified atom stereocenters. The molecule has 1 saturated heterocycles. The Morgan fingerprint density at radius 2 is 1.78 bits per heavy atom. The summed E-state index contributed by atoms with van der Waals surface area (Å²) < 4.78 is 0. The second kappa shape index (κ2) is 9.97. The Morgan fingerprint density at radius 1 is 0.969 bits per heavy atom. The SMILES string of the molecule is O=C(CN1CCC(C(=O)O)CC1)Nc1cccc(Nc2nccc(-c3ccccn3)n2)c1. The molecule has 0 atom stereocenters. The van der Waals surface area contributed by atoms with Crippen LogP contribution in [-0.2, 0) is 9.59 Å². The number of amides is 1. The van der Waals surface area contributed by atoms with E-state index in [4.69, 9.17) is 5.11 Å². The number of hydrogen-bond acceptors (Lipinski definition) is 7. The van der Waals surface area contributed by atoms with Gasteiger partial charge in [-0.2, -0.15) is 0 Å². The average molecular weight is 432 g/mol. The van der Waals surface area contributed by atoms with Gasteiger partial charge < -0.3 is 15.7 Å². The lowest BCUT2D eigenvalue weighted by Gasteiger charge is -2.29. The van der Waals surface area contributed by atoms with Gasteiger partial charge in [0.15, 0.2) is 0 Å². The van der Waals surface area contributed by atoms with Gasteiger partial charge in [0.25, 0.3) is 0 Å². The lowest BCUT2D eigenvalue weighted by atomic mass is 9.97. The number of hydrogen-bond donors (Lipinski definition) is 3. The summed E-state index contributed by atoms with van der Waals surface area (Å²) in [6.07, 6.45) is 4.52. The highest BCUT2D eigenvalue weighted by molar-refractivity contribution is 5.92. The summed E-state index contributed by atoms with van der Waals surface area (Å²) in [6.45, 7) is 1.45. The zero-order chi connectivity index (χ0) is 22.3. The highest BCUT2D eigenvalue weighted by atomic mass is 16.4. The molecule has 0 spiro atoms. The largest absolute Gasteiger partial charge is 0.481 e. The molecule has 4 rings (SSSR count). The van der Waals surface area contributed by atoms with Crippen molar-refractivity contribution < 1.29 is 14.7 Å². The Hall–Kier alpha value is -3.85. The minimum Gasteiger partial charge on any atom is -0.481 e. The van der Waals surface area contributed by atoms with Gasteiger partial charge in [-0.3, -0.25) is 19.5 Å². The van der Waals surface area contributed by atoms with Crippen molar-refractivity contribution in [2.24, 2.45) is 5.92 Å². The van der Waals surface area contributed by atoms with Gasteiger partial charge in [0.05, 0.1) is 23.9 Å². The van der Waals surface area contributed by atoms with E-state index in [1.54, 1.807) is 18.5 Å². The molecule has 0 radical (unpaired) electrons. The van der Waals surface area contributed by atoms with Gasteiger partial charge in [-0.1, -0.05) is 12.1 Å². The predicted molar refractivity (Wildman–Crippen MR) is 120 cm³/mol. The molecule has 0 saturated carbocycles. The molecule has 1 aliphatic heterocycles. The zero-order valence-electron chi connectivity index (χ0n) is 17.4. The number of anilines is 3. The highest BCUT2D eigenvalue weighted by Gasteiger charge is 2.25. The third-order valence-electron chi connectivity index (χ3n) is 5.29. The minimum absolute atomic E-state index is 0.135. The lowest BCUT2D eigenvalue weighted by molar-refractivity contribution is -0.143. The van der Waals surface area contributed by atoms with Gasteiger partial charge in [-0.05, 0) is 62.3 Å². The number of nitrogens with zero attached hydrogens (tertiary/aromatic N) is 4. The quantitative estimate of drug-likeness (QED) is 0.521. The molecule has 0 aliphatic carbocycles. The van der Waals surface area contributed by atoms with Crippen molar-refractivity contribution >= 4 is 29.2 Å². The highest BCUT2D eigenvalue weighted by Crippen LogP contribution is 2.21. The van der Waals surface area contributed by atoms with Gasteiger partial charge in [0, 0.05) is 23.8 Å². The normalized spacial score (nSPS) is 14.6. The Balaban J connectivity index is 1.35. The van der Waals surface area contributed by atoms with Gasteiger partial charge in [-0.15, -0.1) is 0 Å². The summed E-state index contributed by atoms with van der Waals surface area (Å²) in [5.41, 5.74) is 2.86. The Labute approximate surface area is 185 Å². The summed E-state index contributed by atoms with van der Waals surface area (Å²) in [5, 5.41) is 15.1. The molecule has 164 valence electrons. The fourth-order valence-electron chi connectivity index (χ4n) is 3.62. The number of carbonyl (C=O) groups excluding carboxylic acids is 1. The van der Waals surface area contributed by atoms with Crippen molar-refractivity contribution in [2.45, 2.75) is 12.8 Å². The summed E-state index contributed by atoms with van der Waals surface area (Å²) in [5.74, 6) is -0.773. The van der Waals surface area contributed by atoms with Gasteiger partial charge in [-0.25, -0.2) is 9.97 Å². The maximum absolute atomic E-state index is 12.4. The first-order valence-corrected chi connectivity index (χ1v) is 10.4. The van der Waals surface area contributed by atoms with Crippen LogP contribution >= 0.6 is 0 Å². The molecule has 3 N–H and O–H groups in total.